The molecule has 1 N–H and O–H groups in total. The molecular formula is C21H22ClN3O. The lowest BCUT2D eigenvalue weighted by Crippen LogP contribution is -2.37. The summed E-state index contributed by atoms with van der Waals surface area (Å²) in [7, 11) is 0. The van der Waals surface area contributed by atoms with Crippen LogP contribution in [0.4, 0.5) is 5.69 Å². The van der Waals surface area contributed by atoms with Crippen molar-refractivity contribution in [1.82, 2.24) is 4.90 Å². The molecule has 0 spiro atoms. The van der Waals surface area contributed by atoms with Gasteiger partial charge in [0.05, 0.1) is 12.5 Å². The molecule has 5 heteroatoms. The molecule has 0 bridgehead atoms. The number of hydrogen-bond acceptors (Lipinski definition) is 3. The summed E-state index contributed by atoms with van der Waals surface area (Å²) in [5, 5.41) is 12.5. The van der Waals surface area contributed by atoms with Gasteiger partial charge in [0.1, 0.15) is 0 Å². The summed E-state index contributed by atoms with van der Waals surface area (Å²) in [6.45, 7) is 2.69. The van der Waals surface area contributed by atoms with Crippen molar-refractivity contribution >= 4 is 23.2 Å². The minimum Gasteiger partial charge on any atom is -0.326 e. The highest BCUT2D eigenvalue weighted by atomic mass is 35.5. The average molecular weight is 368 g/mol. The summed E-state index contributed by atoms with van der Waals surface area (Å²) in [4.78, 5) is 14.9. The maximum absolute atomic E-state index is 12.5. The number of anilines is 1. The third kappa shape index (κ3) is 5.08. The summed E-state index contributed by atoms with van der Waals surface area (Å²) >= 11 is 6.04. The summed E-state index contributed by atoms with van der Waals surface area (Å²) in [6.07, 6.45) is 2.11. The van der Waals surface area contributed by atoms with Crippen LogP contribution in [0.3, 0.4) is 0 Å². The van der Waals surface area contributed by atoms with E-state index in [1.165, 1.54) is 5.56 Å². The van der Waals surface area contributed by atoms with Crippen LogP contribution in [0, 0.1) is 17.2 Å². The number of likely N-dealkylation sites (tertiary alicyclic amines) is 1. The van der Waals surface area contributed by atoms with Crippen LogP contribution in [-0.4, -0.2) is 23.9 Å². The molecule has 1 amide bonds. The largest absolute Gasteiger partial charge is 0.326 e. The molecule has 0 unspecified atom stereocenters. The molecule has 2 aromatic rings. The number of amides is 1. The first-order valence-electron chi connectivity index (χ1n) is 8.87. The number of nitrogens with zero attached hydrogens (tertiary/aromatic N) is 2. The number of nitrogens with one attached hydrogen (secondary N) is 1. The van der Waals surface area contributed by atoms with Crippen LogP contribution in [0.1, 0.15) is 24.0 Å². The fourth-order valence-electron chi connectivity index (χ4n) is 3.29. The van der Waals surface area contributed by atoms with E-state index in [-0.39, 0.29) is 11.8 Å². The van der Waals surface area contributed by atoms with E-state index in [1.807, 2.05) is 42.5 Å². The summed E-state index contributed by atoms with van der Waals surface area (Å²) in [6, 6.07) is 17.5. The van der Waals surface area contributed by atoms with Crippen LogP contribution in [0.2, 0.25) is 5.02 Å². The molecule has 1 saturated heterocycles. The van der Waals surface area contributed by atoms with Gasteiger partial charge in [0.2, 0.25) is 5.91 Å². The zero-order chi connectivity index (χ0) is 18.4. The second kappa shape index (κ2) is 8.84. The lowest BCUT2D eigenvalue weighted by molar-refractivity contribution is -0.121. The van der Waals surface area contributed by atoms with Gasteiger partial charge in [-0.3, -0.25) is 9.69 Å². The number of halogens is 1. The van der Waals surface area contributed by atoms with Crippen LogP contribution in [0.15, 0.2) is 48.5 Å². The zero-order valence-corrected chi connectivity index (χ0v) is 15.4. The Morgan fingerprint density at radius 2 is 1.88 bits per heavy atom. The zero-order valence-electron chi connectivity index (χ0n) is 14.6. The lowest BCUT2D eigenvalue weighted by Gasteiger charge is -2.31. The second-order valence-electron chi connectivity index (χ2n) is 6.70. The SMILES string of the molecule is N#CCc1ccc(NC(=O)C2CCN(Cc3cccc(Cl)c3)CC2)cc1. The van der Waals surface area contributed by atoms with Crippen molar-refractivity contribution in [2.24, 2.45) is 5.92 Å². The van der Waals surface area contributed by atoms with Gasteiger partial charge >= 0.3 is 0 Å². The Morgan fingerprint density at radius 1 is 1.15 bits per heavy atom. The molecule has 1 aliphatic rings. The Bertz CT molecular complexity index is 790. The molecule has 3 rings (SSSR count). The molecule has 1 aliphatic heterocycles. The van der Waals surface area contributed by atoms with Gasteiger partial charge in [-0.2, -0.15) is 5.26 Å². The second-order valence-corrected chi connectivity index (χ2v) is 7.14. The van der Waals surface area contributed by atoms with Crippen molar-refractivity contribution in [2.75, 3.05) is 18.4 Å². The molecule has 0 radical (unpaired) electrons. The van der Waals surface area contributed by atoms with Crippen LogP contribution in [0.25, 0.3) is 0 Å². The van der Waals surface area contributed by atoms with Gasteiger partial charge in [0, 0.05) is 23.2 Å². The minimum absolute atomic E-state index is 0.0457. The highest BCUT2D eigenvalue weighted by Gasteiger charge is 2.25. The van der Waals surface area contributed by atoms with Gasteiger partial charge in [-0.15, -0.1) is 0 Å². The molecule has 4 nitrogen and oxygen atoms in total. The molecule has 0 aliphatic carbocycles. The van der Waals surface area contributed by atoms with Crippen LogP contribution < -0.4 is 5.32 Å². The van der Waals surface area contributed by atoms with E-state index in [0.29, 0.717) is 6.42 Å². The van der Waals surface area contributed by atoms with E-state index < -0.39 is 0 Å². The van der Waals surface area contributed by atoms with Gasteiger partial charge in [0.15, 0.2) is 0 Å². The first-order chi connectivity index (χ1) is 12.6. The van der Waals surface area contributed by atoms with Crippen LogP contribution in [0.5, 0.6) is 0 Å². The highest BCUT2D eigenvalue weighted by molar-refractivity contribution is 6.30. The van der Waals surface area contributed by atoms with Crippen molar-refractivity contribution in [3.05, 3.63) is 64.7 Å². The van der Waals surface area contributed by atoms with Crippen LogP contribution in [-0.2, 0) is 17.8 Å². The molecule has 134 valence electrons. The van der Waals surface area contributed by atoms with Gasteiger partial charge < -0.3 is 5.32 Å². The molecular weight excluding hydrogens is 346 g/mol. The van der Waals surface area contributed by atoms with E-state index in [1.54, 1.807) is 0 Å². The molecule has 1 fully saturated rings. The van der Waals surface area contributed by atoms with Gasteiger partial charge in [-0.1, -0.05) is 35.9 Å². The van der Waals surface area contributed by atoms with E-state index in [9.17, 15) is 4.79 Å². The van der Waals surface area contributed by atoms with E-state index >= 15 is 0 Å². The standard InChI is InChI=1S/C21H22ClN3O/c22-19-3-1-2-17(14-19)15-25-12-9-18(10-13-25)21(26)24-20-6-4-16(5-7-20)8-11-23/h1-7,14,18H,8-10,12-13,15H2,(H,24,26). The predicted octanol–water partition coefficient (Wildman–Crippen LogP) is 4.26. The van der Waals surface area contributed by atoms with Gasteiger partial charge in [-0.25, -0.2) is 0 Å². The summed E-state index contributed by atoms with van der Waals surface area (Å²) < 4.78 is 0. The smallest absolute Gasteiger partial charge is 0.227 e. The number of rotatable bonds is 5. The third-order valence-electron chi connectivity index (χ3n) is 4.76. The van der Waals surface area contributed by atoms with Crippen molar-refractivity contribution in [3.8, 4) is 6.07 Å². The van der Waals surface area contributed by atoms with Crippen molar-refractivity contribution in [2.45, 2.75) is 25.8 Å². The number of carbonyl (C=O) groups excluding carboxylic acids is 1. The van der Waals surface area contributed by atoms with E-state index in [4.69, 9.17) is 16.9 Å². The number of carbonyl (C=O) groups is 1. The maximum Gasteiger partial charge on any atom is 0.227 e. The molecule has 0 saturated carbocycles. The third-order valence-corrected chi connectivity index (χ3v) is 4.99. The first-order valence-corrected chi connectivity index (χ1v) is 9.25. The quantitative estimate of drug-likeness (QED) is 0.859. The van der Waals surface area contributed by atoms with Gasteiger partial charge in [-0.05, 0) is 61.3 Å². The summed E-state index contributed by atoms with van der Waals surface area (Å²) in [5.41, 5.74) is 2.95. The van der Waals surface area contributed by atoms with E-state index in [0.717, 1.165) is 48.7 Å². The highest BCUT2D eigenvalue weighted by Crippen LogP contribution is 2.22. The Morgan fingerprint density at radius 3 is 2.54 bits per heavy atom. The fourth-order valence-corrected chi connectivity index (χ4v) is 3.50. The van der Waals surface area contributed by atoms with Crippen molar-refractivity contribution in [3.63, 3.8) is 0 Å². The normalized spacial score (nSPS) is 15.4. The van der Waals surface area contributed by atoms with Crippen molar-refractivity contribution in [1.29, 1.82) is 5.26 Å². The molecule has 1 heterocycles. The number of piperidine rings is 1. The minimum atomic E-state index is 0.0457. The molecule has 0 aromatic heterocycles. The summed E-state index contributed by atoms with van der Waals surface area (Å²) in [5.74, 6) is 0.129. The predicted molar refractivity (Wildman–Crippen MR) is 104 cm³/mol. The molecule has 2 aromatic carbocycles. The van der Waals surface area contributed by atoms with Gasteiger partial charge in [0.25, 0.3) is 0 Å². The topological polar surface area (TPSA) is 56.1 Å². The maximum atomic E-state index is 12.5. The monoisotopic (exact) mass is 367 g/mol. The van der Waals surface area contributed by atoms with E-state index in [2.05, 4.69) is 22.4 Å². The molecule has 26 heavy (non-hydrogen) atoms. The first kappa shape index (κ1) is 18.4. The van der Waals surface area contributed by atoms with Crippen LogP contribution >= 0.6 is 11.6 Å². The number of benzene rings is 2. The lowest BCUT2D eigenvalue weighted by atomic mass is 9.95. The number of hydrogen-bond donors (Lipinski definition) is 1. The fraction of sp³-hybridized carbons (Fsp3) is 0.333. The Balaban J connectivity index is 1.48. The Kier molecular flexibility index (Phi) is 6.27. The average Bonchev–Trinajstić information content (AvgIpc) is 2.64. The Hall–Kier alpha value is -2.35. The van der Waals surface area contributed by atoms with Crippen molar-refractivity contribution < 1.29 is 4.79 Å². The number of nitriles is 1. The molecule has 0 atom stereocenters. The Labute approximate surface area is 159 Å².